The number of likely N-dealkylation sites (tertiary alicyclic amines) is 1. The third-order valence-corrected chi connectivity index (χ3v) is 5.74. The maximum atomic E-state index is 10.2. The first-order valence-corrected chi connectivity index (χ1v) is 11.7. The van der Waals surface area contributed by atoms with Crippen LogP contribution in [-0.4, -0.2) is 72.1 Å². The number of nitrogens with zero attached hydrogens (tertiary/aromatic N) is 2. The molecule has 184 valence electrons. The van der Waals surface area contributed by atoms with Crippen LogP contribution in [0.5, 0.6) is 11.5 Å². The molecule has 4 rings (SSSR count). The van der Waals surface area contributed by atoms with Crippen LogP contribution >= 0.6 is 0 Å². The molecule has 34 heavy (non-hydrogen) atoms. The fourth-order valence-electron chi connectivity index (χ4n) is 4.14. The molecule has 1 saturated heterocycles. The molecule has 2 aromatic carbocycles. The molecule has 8 heteroatoms. The molecule has 0 bridgehead atoms. The van der Waals surface area contributed by atoms with E-state index in [1.807, 2.05) is 36.4 Å². The van der Waals surface area contributed by atoms with Gasteiger partial charge in [0.1, 0.15) is 0 Å². The number of methoxy groups -OCH3 is 1. The normalized spacial score (nSPS) is 14.0. The molecular weight excluding hydrogens is 434 g/mol. The molecule has 2 heterocycles. The number of pyridine rings is 1. The van der Waals surface area contributed by atoms with Crippen LogP contribution in [-0.2, 0) is 4.79 Å². The Hall–Kier alpha value is -3.10. The standard InChI is InChI=1S/C25H33N3O3.CH2O2/c1-25(2,29)17-26-24-18-9-4-5-10-20(18)27-21-16-23(22(30-3)15-19(21)24)31-14-8-13-28-11-6-7-12-28;2-1-3/h4-5,9-10,15-16,29H,6-8,11-14,17H2,1-3H3,(H,26,27);1H,(H,2,3). The van der Waals surface area contributed by atoms with Gasteiger partial charge in [-0.2, -0.15) is 0 Å². The zero-order valence-electron chi connectivity index (χ0n) is 20.2. The number of aliphatic hydroxyl groups is 1. The average Bonchev–Trinajstić information content (AvgIpc) is 3.32. The van der Waals surface area contributed by atoms with Gasteiger partial charge in [-0.05, 0) is 58.3 Å². The molecule has 0 amide bonds. The molecule has 3 N–H and O–H groups in total. The highest BCUT2D eigenvalue weighted by Crippen LogP contribution is 2.38. The van der Waals surface area contributed by atoms with E-state index in [-0.39, 0.29) is 6.47 Å². The molecule has 8 nitrogen and oxygen atoms in total. The lowest BCUT2D eigenvalue weighted by Gasteiger charge is -2.21. The fourth-order valence-corrected chi connectivity index (χ4v) is 4.14. The van der Waals surface area contributed by atoms with Gasteiger partial charge in [0.25, 0.3) is 6.47 Å². The summed E-state index contributed by atoms with van der Waals surface area (Å²) < 4.78 is 11.8. The fraction of sp³-hybridized carbons (Fsp3) is 0.462. The second kappa shape index (κ2) is 11.9. The van der Waals surface area contributed by atoms with Crippen molar-refractivity contribution in [1.82, 2.24) is 9.88 Å². The third kappa shape index (κ3) is 6.71. The van der Waals surface area contributed by atoms with Gasteiger partial charge in [0.2, 0.25) is 0 Å². The number of benzene rings is 2. The Morgan fingerprint density at radius 3 is 2.50 bits per heavy atom. The summed E-state index contributed by atoms with van der Waals surface area (Å²) in [6.45, 7) is 7.89. The number of aromatic nitrogens is 1. The van der Waals surface area contributed by atoms with E-state index in [0.29, 0.717) is 24.7 Å². The summed E-state index contributed by atoms with van der Waals surface area (Å²) in [6.07, 6.45) is 3.61. The van der Waals surface area contributed by atoms with E-state index in [2.05, 4.69) is 10.2 Å². The number of hydrogen-bond donors (Lipinski definition) is 3. The van der Waals surface area contributed by atoms with Gasteiger partial charge in [-0.3, -0.25) is 4.79 Å². The molecule has 0 aliphatic carbocycles. The predicted octanol–water partition coefficient (Wildman–Crippen LogP) is 4.14. The topological polar surface area (TPSA) is 104 Å². The number of rotatable bonds is 9. The van der Waals surface area contributed by atoms with Crippen LogP contribution in [0.3, 0.4) is 0 Å². The van der Waals surface area contributed by atoms with Gasteiger partial charge in [-0.1, -0.05) is 18.2 Å². The second-order valence-electron chi connectivity index (χ2n) is 9.05. The van der Waals surface area contributed by atoms with E-state index in [0.717, 1.165) is 40.5 Å². The molecule has 0 spiro atoms. The number of hydrogen-bond acceptors (Lipinski definition) is 7. The highest BCUT2D eigenvalue weighted by Gasteiger charge is 2.18. The summed E-state index contributed by atoms with van der Waals surface area (Å²) >= 11 is 0. The molecule has 1 aromatic heterocycles. The van der Waals surface area contributed by atoms with Crippen LogP contribution < -0.4 is 14.8 Å². The summed E-state index contributed by atoms with van der Waals surface area (Å²) in [7, 11) is 1.66. The van der Waals surface area contributed by atoms with Crippen molar-refractivity contribution >= 4 is 34.0 Å². The Labute approximate surface area is 200 Å². The van der Waals surface area contributed by atoms with Crippen LogP contribution in [0.1, 0.15) is 33.1 Å². The summed E-state index contributed by atoms with van der Waals surface area (Å²) in [4.78, 5) is 15.7. The SMILES string of the molecule is COc1cc2c(NCC(C)(C)O)c3ccccc3nc2cc1OCCCN1CCCC1.O=CO. The first-order valence-electron chi connectivity index (χ1n) is 11.7. The summed E-state index contributed by atoms with van der Waals surface area (Å²) in [5.74, 6) is 1.41. The van der Waals surface area contributed by atoms with Crippen LogP contribution in [0.15, 0.2) is 36.4 Å². The molecule has 0 atom stereocenters. The highest BCUT2D eigenvalue weighted by atomic mass is 16.5. The Morgan fingerprint density at radius 2 is 1.82 bits per heavy atom. The van der Waals surface area contributed by atoms with Gasteiger partial charge in [0, 0.05) is 29.9 Å². The Balaban J connectivity index is 0.00000103. The minimum absolute atomic E-state index is 0.250. The van der Waals surface area contributed by atoms with Gasteiger partial charge in [-0.25, -0.2) is 4.98 Å². The Morgan fingerprint density at radius 1 is 1.12 bits per heavy atom. The lowest BCUT2D eigenvalue weighted by molar-refractivity contribution is -0.122. The first-order chi connectivity index (χ1) is 16.4. The number of nitrogens with one attached hydrogen (secondary N) is 1. The average molecular weight is 470 g/mol. The van der Waals surface area contributed by atoms with Crippen LogP contribution in [0, 0.1) is 0 Å². The van der Waals surface area contributed by atoms with Gasteiger partial charge < -0.3 is 29.9 Å². The van der Waals surface area contributed by atoms with Crippen molar-refractivity contribution in [2.45, 2.75) is 38.7 Å². The number of fused-ring (bicyclic) bond motifs is 2. The zero-order valence-corrected chi connectivity index (χ0v) is 20.2. The predicted molar refractivity (Wildman–Crippen MR) is 135 cm³/mol. The van der Waals surface area contributed by atoms with Crippen LogP contribution in [0.2, 0.25) is 0 Å². The largest absolute Gasteiger partial charge is 0.493 e. The zero-order chi connectivity index (χ0) is 24.6. The molecule has 0 radical (unpaired) electrons. The number of carboxylic acid groups (broad SMARTS) is 1. The highest BCUT2D eigenvalue weighted by molar-refractivity contribution is 6.08. The summed E-state index contributed by atoms with van der Waals surface area (Å²) in [6, 6.07) is 12.0. The van der Waals surface area contributed by atoms with E-state index >= 15 is 0 Å². The monoisotopic (exact) mass is 469 g/mol. The van der Waals surface area contributed by atoms with Gasteiger partial charge in [0.05, 0.1) is 36.0 Å². The van der Waals surface area contributed by atoms with E-state index < -0.39 is 5.60 Å². The lowest BCUT2D eigenvalue weighted by Crippen LogP contribution is -2.29. The van der Waals surface area contributed by atoms with Gasteiger partial charge in [-0.15, -0.1) is 0 Å². The number of ether oxygens (including phenoxy) is 2. The van der Waals surface area contributed by atoms with E-state index in [9.17, 15) is 5.11 Å². The van der Waals surface area contributed by atoms with Crippen molar-refractivity contribution < 1.29 is 24.5 Å². The number of anilines is 1. The Bertz CT molecular complexity index is 1090. The number of carbonyl (C=O) groups is 1. The van der Waals surface area contributed by atoms with E-state index in [1.54, 1.807) is 21.0 Å². The quantitative estimate of drug-likeness (QED) is 0.244. The second-order valence-corrected chi connectivity index (χ2v) is 9.05. The van der Waals surface area contributed by atoms with Crippen molar-refractivity contribution in [1.29, 1.82) is 0 Å². The molecule has 1 aliphatic rings. The maximum absolute atomic E-state index is 10.2. The molecule has 0 saturated carbocycles. The molecular formula is C26H35N3O5. The smallest absolute Gasteiger partial charge is 0.290 e. The number of para-hydroxylation sites is 1. The van der Waals surface area contributed by atoms with Crippen LogP contribution in [0.4, 0.5) is 5.69 Å². The van der Waals surface area contributed by atoms with Crippen molar-refractivity contribution in [2.24, 2.45) is 0 Å². The molecule has 3 aromatic rings. The van der Waals surface area contributed by atoms with Gasteiger partial charge in [0.15, 0.2) is 11.5 Å². The van der Waals surface area contributed by atoms with Gasteiger partial charge >= 0.3 is 0 Å². The molecule has 1 aliphatic heterocycles. The minimum atomic E-state index is -0.834. The molecule has 0 unspecified atom stereocenters. The maximum Gasteiger partial charge on any atom is 0.290 e. The third-order valence-electron chi connectivity index (χ3n) is 5.74. The van der Waals surface area contributed by atoms with Crippen molar-refractivity contribution in [3.05, 3.63) is 36.4 Å². The van der Waals surface area contributed by atoms with E-state index in [4.69, 9.17) is 24.4 Å². The molecule has 1 fully saturated rings. The van der Waals surface area contributed by atoms with E-state index in [1.165, 1.54) is 25.9 Å². The van der Waals surface area contributed by atoms with Crippen molar-refractivity contribution in [2.75, 3.05) is 45.2 Å². The first kappa shape index (κ1) is 25.5. The lowest BCUT2D eigenvalue weighted by atomic mass is 10.1. The Kier molecular flexibility index (Phi) is 8.90. The minimum Gasteiger partial charge on any atom is -0.493 e. The van der Waals surface area contributed by atoms with Crippen molar-refractivity contribution in [3.8, 4) is 11.5 Å². The summed E-state index contributed by atoms with van der Waals surface area (Å²) in [5.41, 5.74) is 1.85. The van der Waals surface area contributed by atoms with Crippen molar-refractivity contribution in [3.63, 3.8) is 0 Å². The van der Waals surface area contributed by atoms with Crippen LogP contribution in [0.25, 0.3) is 21.8 Å². The summed E-state index contributed by atoms with van der Waals surface area (Å²) in [5, 5.41) is 22.5.